The van der Waals surface area contributed by atoms with Crippen molar-refractivity contribution in [3.8, 4) is 5.75 Å². The Hall–Kier alpha value is -3.41. The Morgan fingerprint density at radius 1 is 1.04 bits per heavy atom. The smallest absolute Gasteiger partial charge is 0.253 e. The summed E-state index contributed by atoms with van der Waals surface area (Å²) >= 11 is 0. The molecular weight excluding hydrogens is 340 g/mol. The number of hydrogen-bond donors (Lipinski definition) is 2. The van der Waals surface area contributed by atoms with E-state index < -0.39 is 0 Å². The molecule has 0 atom stereocenters. The number of amides is 1. The largest absolute Gasteiger partial charge is 0.489 e. The van der Waals surface area contributed by atoms with E-state index in [1.807, 2.05) is 56.3 Å². The summed E-state index contributed by atoms with van der Waals surface area (Å²) in [5.41, 5.74) is 2.12. The van der Waals surface area contributed by atoms with Gasteiger partial charge in [0.1, 0.15) is 11.6 Å². The first-order chi connectivity index (χ1) is 13.1. The molecule has 6 heteroatoms. The molecule has 0 unspecified atom stereocenters. The zero-order valence-corrected chi connectivity index (χ0v) is 15.3. The topological polar surface area (TPSA) is 76.1 Å². The van der Waals surface area contributed by atoms with Gasteiger partial charge in [0.25, 0.3) is 5.91 Å². The molecule has 0 radical (unpaired) electrons. The van der Waals surface area contributed by atoms with Gasteiger partial charge in [0.15, 0.2) is 0 Å². The van der Waals surface area contributed by atoms with Crippen LogP contribution in [0.4, 0.5) is 11.5 Å². The van der Waals surface area contributed by atoms with Crippen LogP contribution in [0.3, 0.4) is 0 Å². The highest BCUT2D eigenvalue weighted by Gasteiger charge is 2.09. The van der Waals surface area contributed by atoms with Crippen LogP contribution < -0.4 is 15.4 Å². The molecule has 0 bridgehead atoms. The van der Waals surface area contributed by atoms with E-state index in [9.17, 15) is 4.79 Å². The number of hydrogen-bond acceptors (Lipinski definition) is 5. The number of nitrogens with one attached hydrogen (secondary N) is 2. The van der Waals surface area contributed by atoms with Crippen LogP contribution in [-0.2, 0) is 6.54 Å². The molecule has 2 aromatic heterocycles. The predicted octanol–water partition coefficient (Wildman–Crippen LogP) is 3.94. The summed E-state index contributed by atoms with van der Waals surface area (Å²) in [5, 5.41) is 6.06. The third-order valence-electron chi connectivity index (χ3n) is 3.69. The van der Waals surface area contributed by atoms with E-state index in [0.717, 1.165) is 17.1 Å². The molecule has 0 saturated carbocycles. The molecule has 138 valence electrons. The van der Waals surface area contributed by atoms with Gasteiger partial charge in [-0.3, -0.25) is 9.78 Å². The summed E-state index contributed by atoms with van der Waals surface area (Å²) in [4.78, 5) is 20.8. The molecule has 1 amide bonds. The molecular formula is C21H22N4O2. The summed E-state index contributed by atoms with van der Waals surface area (Å²) in [7, 11) is 0. The first-order valence-corrected chi connectivity index (χ1v) is 8.78. The first-order valence-electron chi connectivity index (χ1n) is 8.78. The number of para-hydroxylation sites is 2. The summed E-state index contributed by atoms with van der Waals surface area (Å²) in [6.45, 7) is 4.33. The molecule has 27 heavy (non-hydrogen) atoms. The van der Waals surface area contributed by atoms with E-state index in [4.69, 9.17) is 4.74 Å². The van der Waals surface area contributed by atoms with Crippen LogP contribution in [0.25, 0.3) is 0 Å². The fraction of sp³-hybridized carbons (Fsp3) is 0.190. The standard InChI is InChI=1S/C21H22N4O2/c1-15(2)27-19-9-4-3-8-18(19)25-20-11-10-16(13-23-20)21(26)24-14-17-7-5-6-12-22-17/h3-13,15H,14H2,1-2H3,(H,23,25)(H,24,26). The zero-order chi connectivity index (χ0) is 19.1. The molecule has 3 aromatic rings. The van der Waals surface area contributed by atoms with Gasteiger partial charge in [0.05, 0.1) is 29.6 Å². The van der Waals surface area contributed by atoms with Crippen molar-refractivity contribution in [2.24, 2.45) is 0 Å². The van der Waals surface area contributed by atoms with E-state index in [-0.39, 0.29) is 12.0 Å². The van der Waals surface area contributed by atoms with E-state index in [1.165, 1.54) is 0 Å². The summed E-state index contributed by atoms with van der Waals surface area (Å²) in [6, 6.07) is 16.8. The van der Waals surface area contributed by atoms with Crippen LogP contribution in [0.15, 0.2) is 67.0 Å². The van der Waals surface area contributed by atoms with E-state index in [0.29, 0.717) is 17.9 Å². The lowest BCUT2D eigenvalue weighted by Gasteiger charge is -2.15. The third kappa shape index (κ3) is 5.28. The Bertz CT molecular complexity index is 880. The molecule has 2 heterocycles. The first kappa shape index (κ1) is 18.4. The highest BCUT2D eigenvalue weighted by Crippen LogP contribution is 2.27. The average molecular weight is 362 g/mol. The Kier molecular flexibility index (Phi) is 5.99. The second kappa shape index (κ2) is 8.80. The van der Waals surface area contributed by atoms with Crippen molar-refractivity contribution in [2.75, 3.05) is 5.32 Å². The summed E-state index contributed by atoms with van der Waals surface area (Å²) in [6.07, 6.45) is 3.32. The molecule has 3 rings (SSSR count). The number of carbonyl (C=O) groups is 1. The van der Waals surface area contributed by atoms with Crippen LogP contribution in [0.2, 0.25) is 0 Å². The van der Waals surface area contributed by atoms with Crippen molar-refractivity contribution in [2.45, 2.75) is 26.5 Å². The van der Waals surface area contributed by atoms with Gasteiger partial charge < -0.3 is 15.4 Å². The molecule has 0 aliphatic heterocycles. The van der Waals surface area contributed by atoms with Crippen molar-refractivity contribution >= 4 is 17.4 Å². The van der Waals surface area contributed by atoms with E-state index in [1.54, 1.807) is 24.5 Å². The minimum Gasteiger partial charge on any atom is -0.489 e. The molecule has 1 aromatic carbocycles. The molecule has 0 spiro atoms. The molecule has 0 saturated heterocycles. The zero-order valence-electron chi connectivity index (χ0n) is 15.3. The van der Waals surface area contributed by atoms with Crippen molar-refractivity contribution in [3.05, 3.63) is 78.2 Å². The van der Waals surface area contributed by atoms with Gasteiger partial charge in [-0.2, -0.15) is 0 Å². The number of benzene rings is 1. The van der Waals surface area contributed by atoms with E-state index in [2.05, 4.69) is 20.6 Å². The minimum atomic E-state index is -0.191. The van der Waals surface area contributed by atoms with Gasteiger partial charge in [0.2, 0.25) is 0 Å². The maximum absolute atomic E-state index is 12.2. The van der Waals surface area contributed by atoms with Gasteiger partial charge in [-0.05, 0) is 50.2 Å². The maximum atomic E-state index is 12.2. The van der Waals surface area contributed by atoms with Crippen LogP contribution in [0.5, 0.6) is 5.75 Å². The lowest BCUT2D eigenvalue weighted by atomic mass is 10.2. The third-order valence-corrected chi connectivity index (χ3v) is 3.69. The van der Waals surface area contributed by atoms with Crippen molar-refractivity contribution in [1.82, 2.24) is 15.3 Å². The van der Waals surface area contributed by atoms with Gasteiger partial charge >= 0.3 is 0 Å². The molecule has 0 aliphatic rings. The number of nitrogens with zero attached hydrogens (tertiary/aromatic N) is 2. The second-order valence-corrected chi connectivity index (χ2v) is 6.22. The Labute approximate surface area is 158 Å². The van der Waals surface area contributed by atoms with E-state index >= 15 is 0 Å². The SMILES string of the molecule is CC(C)Oc1ccccc1Nc1ccc(C(=O)NCc2ccccn2)cn1. The lowest BCUT2D eigenvalue weighted by Crippen LogP contribution is -2.23. The molecule has 2 N–H and O–H groups in total. The van der Waals surface area contributed by atoms with Crippen LogP contribution in [0, 0.1) is 0 Å². The summed E-state index contributed by atoms with van der Waals surface area (Å²) < 4.78 is 5.79. The van der Waals surface area contributed by atoms with Gasteiger partial charge in [-0.25, -0.2) is 4.98 Å². The van der Waals surface area contributed by atoms with Crippen molar-refractivity contribution in [1.29, 1.82) is 0 Å². The predicted molar refractivity (Wildman–Crippen MR) is 105 cm³/mol. The van der Waals surface area contributed by atoms with Crippen LogP contribution in [-0.4, -0.2) is 22.0 Å². The fourth-order valence-corrected chi connectivity index (χ4v) is 2.44. The van der Waals surface area contributed by atoms with Gasteiger partial charge in [-0.15, -0.1) is 0 Å². The lowest BCUT2D eigenvalue weighted by molar-refractivity contribution is 0.0950. The number of ether oxygens (including phenoxy) is 1. The monoisotopic (exact) mass is 362 g/mol. The number of aromatic nitrogens is 2. The van der Waals surface area contributed by atoms with Crippen molar-refractivity contribution in [3.63, 3.8) is 0 Å². The number of anilines is 2. The van der Waals surface area contributed by atoms with Crippen molar-refractivity contribution < 1.29 is 9.53 Å². The minimum absolute atomic E-state index is 0.0751. The normalized spacial score (nSPS) is 10.5. The highest BCUT2D eigenvalue weighted by molar-refractivity contribution is 5.94. The van der Waals surface area contributed by atoms with Crippen LogP contribution in [0.1, 0.15) is 29.9 Å². The quantitative estimate of drug-likeness (QED) is 0.666. The molecule has 0 fully saturated rings. The summed E-state index contributed by atoms with van der Waals surface area (Å²) in [5.74, 6) is 1.20. The maximum Gasteiger partial charge on any atom is 0.253 e. The van der Waals surface area contributed by atoms with Gasteiger partial charge in [-0.1, -0.05) is 18.2 Å². The second-order valence-electron chi connectivity index (χ2n) is 6.22. The molecule has 0 aliphatic carbocycles. The Morgan fingerprint density at radius 2 is 1.85 bits per heavy atom. The number of pyridine rings is 2. The highest BCUT2D eigenvalue weighted by atomic mass is 16.5. The van der Waals surface area contributed by atoms with Crippen LogP contribution >= 0.6 is 0 Å². The Balaban J connectivity index is 1.63. The number of carbonyl (C=O) groups excluding carboxylic acids is 1. The number of rotatable bonds is 7. The average Bonchev–Trinajstić information content (AvgIpc) is 2.69. The van der Waals surface area contributed by atoms with Gasteiger partial charge in [0, 0.05) is 12.4 Å². The Morgan fingerprint density at radius 3 is 2.56 bits per heavy atom. The molecule has 6 nitrogen and oxygen atoms in total. The fourth-order valence-electron chi connectivity index (χ4n) is 2.44.